The van der Waals surface area contributed by atoms with Gasteiger partial charge in [0.05, 0.1) is 23.0 Å². The summed E-state index contributed by atoms with van der Waals surface area (Å²) >= 11 is 6.17. The highest BCUT2D eigenvalue weighted by molar-refractivity contribution is 6.33. The summed E-state index contributed by atoms with van der Waals surface area (Å²) in [5, 5.41) is 6.38. The van der Waals surface area contributed by atoms with Crippen molar-refractivity contribution >= 4 is 29.1 Å². The summed E-state index contributed by atoms with van der Waals surface area (Å²) in [6.07, 6.45) is 0.931. The zero-order valence-corrected chi connectivity index (χ0v) is 17.9. The molecule has 1 atom stereocenters. The molecule has 0 aliphatic rings. The zero-order valence-electron chi connectivity index (χ0n) is 17.1. The highest BCUT2D eigenvalue weighted by Crippen LogP contribution is 2.24. The van der Waals surface area contributed by atoms with Crippen LogP contribution >= 0.6 is 11.6 Å². The van der Waals surface area contributed by atoms with Gasteiger partial charge in [0, 0.05) is 5.69 Å². The molecule has 3 rings (SSSR count). The van der Waals surface area contributed by atoms with E-state index >= 15 is 0 Å². The average Bonchev–Trinajstić information content (AvgIpc) is 2.75. The van der Waals surface area contributed by atoms with Crippen LogP contribution in [-0.2, 0) is 11.2 Å². The van der Waals surface area contributed by atoms with Gasteiger partial charge in [0.15, 0.2) is 0 Å². The van der Waals surface area contributed by atoms with Crippen molar-refractivity contribution in [3.63, 3.8) is 0 Å². The molecule has 3 aromatic carbocycles. The van der Waals surface area contributed by atoms with E-state index in [4.69, 9.17) is 11.6 Å². The molecule has 0 spiro atoms. The van der Waals surface area contributed by atoms with Gasteiger partial charge >= 0.3 is 0 Å². The lowest BCUT2D eigenvalue weighted by Crippen LogP contribution is -2.32. The number of hydrogen-bond donors (Lipinski definition) is 2. The molecule has 0 bridgehead atoms. The minimum Gasteiger partial charge on any atom is -0.345 e. The summed E-state index contributed by atoms with van der Waals surface area (Å²) in [6, 6.07) is 21.8. The molecule has 0 saturated heterocycles. The van der Waals surface area contributed by atoms with Gasteiger partial charge in [-0.3, -0.25) is 9.59 Å². The van der Waals surface area contributed by atoms with Crippen LogP contribution in [0.5, 0.6) is 0 Å². The smallest absolute Gasteiger partial charge is 0.253 e. The van der Waals surface area contributed by atoms with Crippen LogP contribution in [0.1, 0.15) is 46.4 Å². The number of para-hydroxylation sites is 1. The van der Waals surface area contributed by atoms with Gasteiger partial charge in [-0.05, 0) is 42.2 Å². The van der Waals surface area contributed by atoms with E-state index in [1.54, 1.807) is 24.3 Å². The highest BCUT2D eigenvalue weighted by Gasteiger charge is 2.21. The second-order valence-electron chi connectivity index (χ2n) is 7.13. The molecule has 154 valence electrons. The molecule has 5 heteroatoms. The number of benzene rings is 3. The minimum absolute atomic E-state index is 0.109. The fourth-order valence-corrected chi connectivity index (χ4v) is 3.62. The van der Waals surface area contributed by atoms with Gasteiger partial charge in [0.2, 0.25) is 5.91 Å². The monoisotopic (exact) mass is 420 g/mol. The molecule has 0 aliphatic heterocycles. The van der Waals surface area contributed by atoms with Crippen LogP contribution in [-0.4, -0.2) is 11.8 Å². The van der Waals surface area contributed by atoms with Gasteiger partial charge in [0.1, 0.15) is 0 Å². The first kappa shape index (κ1) is 21.6. The summed E-state index contributed by atoms with van der Waals surface area (Å²) in [5.41, 5.74) is 4.18. The van der Waals surface area contributed by atoms with E-state index in [0.29, 0.717) is 10.6 Å². The van der Waals surface area contributed by atoms with Crippen molar-refractivity contribution in [1.82, 2.24) is 5.32 Å². The molecule has 2 amide bonds. The molecule has 0 heterocycles. The molecule has 4 nitrogen and oxygen atoms in total. The summed E-state index contributed by atoms with van der Waals surface area (Å²) in [4.78, 5) is 25.7. The molecule has 0 aromatic heterocycles. The topological polar surface area (TPSA) is 58.2 Å². The number of halogens is 1. The summed E-state index contributed by atoms with van der Waals surface area (Å²) in [5.74, 6) is -0.472. The van der Waals surface area contributed by atoms with Gasteiger partial charge in [-0.1, -0.05) is 79.2 Å². The van der Waals surface area contributed by atoms with Crippen LogP contribution < -0.4 is 10.6 Å². The lowest BCUT2D eigenvalue weighted by Gasteiger charge is -2.20. The Morgan fingerprint density at radius 2 is 1.63 bits per heavy atom. The second-order valence-corrected chi connectivity index (χ2v) is 7.54. The summed E-state index contributed by atoms with van der Waals surface area (Å²) < 4.78 is 0. The third-order valence-corrected chi connectivity index (χ3v) is 5.35. The molecular formula is C25H25ClN2O2. The van der Waals surface area contributed by atoms with Crippen LogP contribution in [0.2, 0.25) is 5.02 Å². The van der Waals surface area contributed by atoms with E-state index in [0.717, 1.165) is 28.8 Å². The van der Waals surface area contributed by atoms with Crippen LogP contribution in [0.4, 0.5) is 5.69 Å². The first-order valence-corrected chi connectivity index (χ1v) is 10.4. The van der Waals surface area contributed by atoms with E-state index in [9.17, 15) is 9.59 Å². The molecular weight excluding hydrogens is 396 g/mol. The molecule has 1 unspecified atom stereocenters. The van der Waals surface area contributed by atoms with Gasteiger partial charge in [-0.2, -0.15) is 0 Å². The van der Waals surface area contributed by atoms with E-state index in [1.165, 1.54) is 0 Å². The Kier molecular flexibility index (Phi) is 7.26. The Balaban J connectivity index is 1.81. The van der Waals surface area contributed by atoms with Gasteiger partial charge in [0.25, 0.3) is 5.91 Å². The first-order valence-electron chi connectivity index (χ1n) is 9.98. The number of amides is 2. The zero-order chi connectivity index (χ0) is 21.5. The maximum atomic E-state index is 12.9. The van der Waals surface area contributed by atoms with Crippen LogP contribution in [0.3, 0.4) is 0 Å². The Morgan fingerprint density at radius 1 is 0.933 bits per heavy atom. The highest BCUT2D eigenvalue weighted by atomic mass is 35.5. The summed E-state index contributed by atoms with van der Waals surface area (Å²) in [6.45, 7) is 4.03. The fourth-order valence-electron chi connectivity index (χ4n) is 3.40. The molecule has 0 aliphatic carbocycles. The standard InChI is InChI=1S/C25H25ClN2O2/c1-3-18-13-9-10-17(2)24(18)28-23(29)16-22(19-11-5-4-6-12-19)27-25(30)20-14-7-8-15-21(20)26/h4-15,22H,3,16H2,1-2H3,(H,27,30)(H,28,29). The van der Waals surface area contributed by atoms with Crippen LogP contribution in [0, 0.1) is 6.92 Å². The molecule has 0 fully saturated rings. The first-order chi connectivity index (χ1) is 14.5. The lowest BCUT2D eigenvalue weighted by molar-refractivity contribution is -0.116. The van der Waals surface area contributed by atoms with Crippen molar-refractivity contribution < 1.29 is 9.59 Å². The normalized spacial score (nSPS) is 11.6. The molecule has 30 heavy (non-hydrogen) atoms. The van der Waals surface area contributed by atoms with Crippen LogP contribution in [0.15, 0.2) is 72.8 Å². The Bertz CT molecular complexity index is 1030. The van der Waals surface area contributed by atoms with Crippen molar-refractivity contribution in [3.05, 3.63) is 100 Å². The lowest BCUT2D eigenvalue weighted by atomic mass is 10.0. The van der Waals surface area contributed by atoms with Gasteiger partial charge < -0.3 is 10.6 Å². The molecule has 0 saturated carbocycles. The van der Waals surface area contributed by atoms with E-state index in [1.807, 2.05) is 55.5 Å². The number of carbonyl (C=O) groups excluding carboxylic acids is 2. The van der Waals surface area contributed by atoms with E-state index in [-0.39, 0.29) is 18.2 Å². The molecule has 0 radical (unpaired) electrons. The summed E-state index contributed by atoms with van der Waals surface area (Å²) in [7, 11) is 0. The Morgan fingerprint density at radius 3 is 2.33 bits per heavy atom. The predicted octanol–water partition coefficient (Wildman–Crippen LogP) is 5.71. The van der Waals surface area contributed by atoms with E-state index in [2.05, 4.69) is 17.6 Å². The third-order valence-electron chi connectivity index (χ3n) is 5.02. The SMILES string of the molecule is CCc1cccc(C)c1NC(=O)CC(NC(=O)c1ccccc1Cl)c1ccccc1. The minimum atomic E-state index is -0.482. The third kappa shape index (κ3) is 5.28. The van der Waals surface area contributed by atoms with Crippen molar-refractivity contribution in [2.45, 2.75) is 32.7 Å². The van der Waals surface area contributed by atoms with Gasteiger partial charge in [-0.15, -0.1) is 0 Å². The van der Waals surface area contributed by atoms with Crippen molar-refractivity contribution in [3.8, 4) is 0 Å². The molecule has 3 aromatic rings. The second kappa shape index (κ2) is 10.1. The maximum Gasteiger partial charge on any atom is 0.253 e. The number of carbonyl (C=O) groups is 2. The number of rotatable bonds is 7. The predicted molar refractivity (Wildman–Crippen MR) is 122 cm³/mol. The van der Waals surface area contributed by atoms with Crippen LogP contribution in [0.25, 0.3) is 0 Å². The largest absolute Gasteiger partial charge is 0.345 e. The molecule has 2 N–H and O–H groups in total. The number of aryl methyl sites for hydroxylation is 2. The average molecular weight is 421 g/mol. The van der Waals surface area contributed by atoms with Crippen molar-refractivity contribution in [2.24, 2.45) is 0 Å². The number of nitrogens with one attached hydrogen (secondary N) is 2. The maximum absolute atomic E-state index is 12.9. The van der Waals surface area contributed by atoms with E-state index < -0.39 is 6.04 Å². The fraction of sp³-hybridized carbons (Fsp3) is 0.200. The Labute approximate surface area is 182 Å². The number of hydrogen-bond acceptors (Lipinski definition) is 2. The Hall–Kier alpha value is -3.11. The van der Waals surface area contributed by atoms with Crippen molar-refractivity contribution in [1.29, 1.82) is 0 Å². The number of anilines is 1. The van der Waals surface area contributed by atoms with Crippen molar-refractivity contribution in [2.75, 3.05) is 5.32 Å². The quantitative estimate of drug-likeness (QED) is 0.514. The van der Waals surface area contributed by atoms with Gasteiger partial charge in [-0.25, -0.2) is 0 Å².